The van der Waals surface area contributed by atoms with Crippen molar-refractivity contribution in [3.63, 3.8) is 0 Å². The number of carbonyl (C=O) groups excluding carboxylic acids is 3. The van der Waals surface area contributed by atoms with Gasteiger partial charge in [0.2, 0.25) is 0 Å². The van der Waals surface area contributed by atoms with Gasteiger partial charge in [-0.3, -0.25) is 9.59 Å². The molecule has 0 spiro atoms. The first kappa shape index (κ1) is 24.0. The second-order valence-electron chi connectivity index (χ2n) is 5.94. The fourth-order valence-corrected chi connectivity index (χ4v) is 2.28. The van der Waals surface area contributed by atoms with E-state index < -0.39 is 18.2 Å². The van der Waals surface area contributed by atoms with Crippen molar-refractivity contribution in [2.75, 3.05) is 0 Å². The molecule has 0 aromatic carbocycles. The van der Waals surface area contributed by atoms with E-state index in [1.54, 1.807) is 19.9 Å². The highest BCUT2D eigenvalue weighted by Gasteiger charge is 2.25. The third-order valence-corrected chi connectivity index (χ3v) is 4.10. The average Bonchev–Trinajstić information content (AvgIpc) is 2.65. The molecule has 0 heterocycles. The largest absolute Gasteiger partial charge is 0.451 e. The molecule has 146 valence electrons. The zero-order valence-corrected chi connectivity index (χ0v) is 16.6. The summed E-state index contributed by atoms with van der Waals surface area (Å²) >= 11 is 0. The highest BCUT2D eigenvalue weighted by Crippen LogP contribution is 2.14. The van der Waals surface area contributed by atoms with Crippen LogP contribution in [0.5, 0.6) is 0 Å². The number of aliphatic hydroxyl groups excluding tert-OH is 1. The number of rotatable bonds is 12. The van der Waals surface area contributed by atoms with Crippen LogP contribution in [0.15, 0.2) is 35.5 Å². The molecule has 1 N–H and O–H groups in total. The van der Waals surface area contributed by atoms with E-state index in [-0.39, 0.29) is 24.4 Å². The van der Waals surface area contributed by atoms with Crippen molar-refractivity contribution in [3.8, 4) is 0 Å². The lowest BCUT2D eigenvalue weighted by Crippen LogP contribution is -2.29. The van der Waals surface area contributed by atoms with Gasteiger partial charge in [-0.2, -0.15) is 0 Å². The van der Waals surface area contributed by atoms with Crippen molar-refractivity contribution in [1.82, 2.24) is 0 Å². The first-order chi connectivity index (χ1) is 12.3. The predicted octanol–water partition coefficient (Wildman–Crippen LogP) is 3.86. The Morgan fingerprint density at radius 1 is 1.00 bits per heavy atom. The summed E-state index contributed by atoms with van der Waals surface area (Å²) in [7, 11) is 0. The van der Waals surface area contributed by atoms with Gasteiger partial charge in [-0.15, -0.1) is 0 Å². The van der Waals surface area contributed by atoms with Crippen molar-refractivity contribution in [1.29, 1.82) is 0 Å². The van der Waals surface area contributed by atoms with Crippen LogP contribution in [-0.4, -0.2) is 34.9 Å². The molecule has 0 aromatic rings. The average molecular weight is 364 g/mol. The van der Waals surface area contributed by atoms with Crippen LogP contribution in [0.2, 0.25) is 0 Å². The molecule has 0 saturated heterocycles. The number of hydrogen-bond acceptors (Lipinski definition) is 5. The number of esters is 1. The van der Waals surface area contributed by atoms with Gasteiger partial charge in [-0.05, 0) is 37.8 Å². The molecule has 0 bridgehead atoms. The van der Waals surface area contributed by atoms with E-state index >= 15 is 0 Å². The Hall–Kier alpha value is -2.01. The lowest BCUT2D eigenvalue weighted by atomic mass is 9.98. The summed E-state index contributed by atoms with van der Waals surface area (Å²) in [6.45, 7) is 9.12. The normalized spacial score (nSPS) is 15.0. The smallest absolute Gasteiger partial charge is 0.331 e. The van der Waals surface area contributed by atoms with Crippen molar-refractivity contribution in [2.45, 2.75) is 78.9 Å². The molecule has 0 fully saturated rings. The molecule has 0 aliphatic carbocycles. The van der Waals surface area contributed by atoms with E-state index in [1.807, 2.05) is 26.8 Å². The highest BCUT2D eigenvalue weighted by molar-refractivity contribution is 6.00. The first-order valence-electron chi connectivity index (χ1n) is 9.31. The number of carbonyl (C=O) groups is 3. The van der Waals surface area contributed by atoms with E-state index in [1.165, 1.54) is 12.2 Å². The summed E-state index contributed by atoms with van der Waals surface area (Å²) in [5, 5.41) is 9.72. The molecular weight excluding hydrogens is 332 g/mol. The van der Waals surface area contributed by atoms with Crippen molar-refractivity contribution in [2.24, 2.45) is 0 Å². The molecule has 26 heavy (non-hydrogen) atoms. The van der Waals surface area contributed by atoms with Crippen molar-refractivity contribution >= 4 is 17.5 Å². The Labute approximate surface area is 156 Å². The van der Waals surface area contributed by atoms with Gasteiger partial charge < -0.3 is 9.84 Å². The van der Waals surface area contributed by atoms with E-state index in [0.29, 0.717) is 18.4 Å². The third-order valence-electron chi connectivity index (χ3n) is 4.10. The Kier molecular flexibility index (Phi) is 12.2. The Balaban J connectivity index is 5.17. The van der Waals surface area contributed by atoms with E-state index in [2.05, 4.69) is 0 Å². The van der Waals surface area contributed by atoms with Crippen LogP contribution in [-0.2, 0) is 19.1 Å². The monoisotopic (exact) mass is 364 g/mol. The summed E-state index contributed by atoms with van der Waals surface area (Å²) in [5.74, 6) is -1.23. The second-order valence-corrected chi connectivity index (χ2v) is 5.94. The number of aliphatic hydroxyl groups is 1. The summed E-state index contributed by atoms with van der Waals surface area (Å²) < 4.78 is 5.23. The summed E-state index contributed by atoms with van der Waals surface area (Å²) in [6.07, 6.45) is 6.21. The zero-order chi connectivity index (χ0) is 20.1. The fourth-order valence-electron chi connectivity index (χ4n) is 2.28. The quantitative estimate of drug-likeness (QED) is 0.323. The maximum Gasteiger partial charge on any atom is 0.331 e. The van der Waals surface area contributed by atoms with Gasteiger partial charge in [0.25, 0.3) is 0 Å². The standard InChI is InChI=1S/C21H32O5/c1-6-15(7-2)11-12-21(25)26-20(18(23)10-5)14-19(24)16(8-3)13-17(22)9-4/h6,11-13,17,20,22H,7-10,14H2,1-5H3. The first-order valence-corrected chi connectivity index (χ1v) is 9.31. The van der Waals surface area contributed by atoms with Gasteiger partial charge in [-0.25, -0.2) is 4.79 Å². The summed E-state index contributed by atoms with van der Waals surface area (Å²) in [6, 6.07) is 0. The minimum atomic E-state index is -1.10. The molecule has 0 rings (SSSR count). The Morgan fingerprint density at radius 2 is 1.65 bits per heavy atom. The van der Waals surface area contributed by atoms with E-state index in [0.717, 1.165) is 12.0 Å². The van der Waals surface area contributed by atoms with Crippen LogP contribution < -0.4 is 0 Å². The third kappa shape index (κ3) is 8.90. The Bertz CT molecular complexity index is 569. The maximum atomic E-state index is 12.4. The van der Waals surface area contributed by atoms with Gasteiger partial charge in [-0.1, -0.05) is 45.4 Å². The number of Topliss-reactive ketones (excluding diaryl/α,β-unsaturated/α-hetero) is 2. The summed E-state index contributed by atoms with van der Waals surface area (Å²) in [4.78, 5) is 36.5. The van der Waals surface area contributed by atoms with Crippen LogP contribution in [0.3, 0.4) is 0 Å². The fraction of sp³-hybridized carbons (Fsp3) is 0.571. The highest BCUT2D eigenvalue weighted by atomic mass is 16.5. The van der Waals surface area contributed by atoms with Crippen LogP contribution in [0.25, 0.3) is 0 Å². The molecule has 5 nitrogen and oxygen atoms in total. The molecule has 0 radical (unpaired) electrons. The molecule has 0 aromatic heterocycles. The lowest BCUT2D eigenvalue weighted by molar-refractivity contribution is -0.151. The minimum absolute atomic E-state index is 0.173. The van der Waals surface area contributed by atoms with E-state index in [9.17, 15) is 19.5 Å². The van der Waals surface area contributed by atoms with E-state index in [4.69, 9.17) is 4.74 Å². The number of hydrogen-bond donors (Lipinski definition) is 1. The minimum Gasteiger partial charge on any atom is -0.451 e. The number of allylic oxidation sites excluding steroid dienone is 4. The molecule has 0 aliphatic rings. The van der Waals surface area contributed by atoms with Crippen molar-refractivity contribution in [3.05, 3.63) is 35.5 Å². The molecule has 2 unspecified atom stereocenters. The van der Waals surface area contributed by atoms with Crippen LogP contribution in [0.1, 0.15) is 66.7 Å². The van der Waals surface area contributed by atoms with Crippen LogP contribution in [0.4, 0.5) is 0 Å². The van der Waals surface area contributed by atoms with Gasteiger partial charge >= 0.3 is 5.97 Å². The van der Waals surface area contributed by atoms with Crippen LogP contribution >= 0.6 is 0 Å². The molecule has 0 saturated carbocycles. The molecule has 5 heteroatoms. The predicted molar refractivity (Wildman–Crippen MR) is 103 cm³/mol. The number of ketones is 2. The van der Waals surface area contributed by atoms with Crippen molar-refractivity contribution < 1.29 is 24.2 Å². The molecule has 0 aliphatic heterocycles. The SMILES string of the molecule is CC=C(C=CC(=O)OC(CC(=O)C(=CC(O)CC)CC)C(=O)CC)CC. The maximum absolute atomic E-state index is 12.4. The number of ether oxygens (including phenoxy) is 1. The molecule has 2 atom stereocenters. The summed E-state index contributed by atoms with van der Waals surface area (Å²) in [5.41, 5.74) is 1.42. The Morgan fingerprint density at radius 3 is 2.12 bits per heavy atom. The second kappa shape index (κ2) is 13.2. The van der Waals surface area contributed by atoms with Gasteiger partial charge in [0.05, 0.1) is 12.5 Å². The molecular formula is C21H32O5. The zero-order valence-electron chi connectivity index (χ0n) is 16.6. The molecule has 0 amide bonds. The van der Waals surface area contributed by atoms with Gasteiger partial charge in [0, 0.05) is 12.5 Å². The van der Waals surface area contributed by atoms with Gasteiger partial charge in [0.1, 0.15) is 0 Å². The van der Waals surface area contributed by atoms with Gasteiger partial charge in [0.15, 0.2) is 17.7 Å². The lowest BCUT2D eigenvalue weighted by Gasteiger charge is -2.16. The van der Waals surface area contributed by atoms with Crippen LogP contribution in [0, 0.1) is 0 Å². The topological polar surface area (TPSA) is 80.7 Å².